The highest BCUT2D eigenvalue weighted by molar-refractivity contribution is 7.99. The van der Waals surface area contributed by atoms with E-state index in [0.29, 0.717) is 12.3 Å². The van der Waals surface area contributed by atoms with Crippen LogP contribution in [0, 0.1) is 6.92 Å². The highest BCUT2D eigenvalue weighted by Gasteiger charge is 2.13. The first-order valence-corrected chi connectivity index (χ1v) is 8.65. The van der Waals surface area contributed by atoms with Crippen LogP contribution in [0.25, 0.3) is 0 Å². The van der Waals surface area contributed by atoms with Crippen LogP contribution in [0.4, 0.5) is 0 Å². The Balaban J connectivity index is 1.42. The van der Waals surface area contributed by atoms with Crippen molar-refractivity contribution in [1.29, 1.82) is 0 Å². The van der Waals surface area contributed by atoms with Gasteiger partial charge in [-0.3, -0.25) is 4.79 Å². The van der Waals surface area contributed by atoms with E-state index in [0.717, 1.165) is 22.8 Å². The molecule has 1 amide bonds. The topological polar surface area (TPSA) is 47.6 Å². The maximum absolute atomic E-state index is 11.9. The van der Waals surface area contributed by atoms with Crippen molar-refractivity contribution in [1.82, 2.24) is 5.32 Å². The van der Waals surface area contributed by atoms with Crippen molar-refractivity contribution in [2.45, 2.75) is 19.2 Å². The second kappa shape index (κ2) is 7.42. The summed E-state index contributed by atoms with van der Waals surface area (Å²) < 4.78 is 10.6. The summed E-state index contributed by atoms with van der Waals surface area (Å²) in [4.78, 5) is 11.9. The van der Waals surface area contributed by atoms with Crippen LogP contribution in [0.15, 0.2) is 42.5 Å². The molecule has 1 N–H and O–H groups in total. The van der Waals surface area contributed by atoms with Crippen molar-refractivity contribution in [2.24, 2.45) is 0 Å². The van der Waals surface area contributed by atoms with Crippen LogP contribution in [0.3, 0.4) is 0 Å². The molecule has 0 spiro atoms. The Hall–Kier alpha value is -2.14. The van der Waals surface area contributed by atoms with Crippen molar-refractivity contribution in [3.8, 4) is 11.5 Å². The number of aryl methyl sites for hydroxylation is 1. The lowest BCUT2D eigenvalue weighted by Gasteiger charge is -2.07. The summed E-state index contributed by atoms with van der Waals surface area (Å²) in [6, 6.07) is 14.0. The summed E-state index contributed by atoms with van der Waals surface area (Å²) in [5.41, 5.74) is 3.55. The second-order valence-corrected chi connectivity index (χ2v) is 6.37. The van der Waals surface area contributed by atoms with E-state index >= 15 is 0 Å². The molecule has 0 fully saturated rings. The fourth-order valence-corrected chi connectivity index (χ4v) is 3.26. The second-order valence-electron chi connectivity index (χ2n) is 5.38. The number of hydrogen-bond donors (Lipinski definition) is 1. The molecule has 2 aromatic rings. The van der Waals surface area contributed by atoms with Gasteiger partial charge in [-0.1, -0.05) is 30.3 Å². The maximum Gasteiger partial charge on any atom is 0.231 e. The zero-order valence-electron chi connectivity index (χ0n) is 13.0. The molecular weight excluding hydrogens is 310 g/mol. The van der Waals surface area contributed by atoms with E-state index in [-0.39, 0.29) is 12.7 Å². The zero-order chi connectivity index (χ0) is 16.1. The fourth-order valence-electron chi connectivity index (χ4n) is 2.33. The number of rotatable bonds is 6. The Bertz CT molecular complexity index is 702. The number of hydrogen-bond acceptors (Lipinski definition) is 4. The quantitative estimate of drug-likeness (QED) is 0.883. The minimum absolute atomic E-state index is 0.0428. The zero-order valence-corrected chi connectivity index (χ0v) is 13.8. The van der Waals surface area contributed by atoms with Gasteiger partial charge in [-0.15, -0.1) is 11.8 Å². The fraction of sp³-hybridized carbons (Fsp3) is 0.278. The molecule has 3 rings (SSSR count). The molecule has 2 aromatic carbocycles. The summed E-state index contributed by atoms with van der Waals surface area (Å²) in [5.74, 6) is 2.85. The number of carbonyl (C=O) groups is 1. The molecular formula is C18H19NO3S. The molecule has 1 aliphatic heterocycles. The number of carbonyl (C=O) groups excluding carboxylic acids is 1. The summed E-state index contributed by atoms with van der Waals surface area (Å²) in [6.45, 7) is 2.86. The summed E-state index contributed by atoms with van der Waals surface area (Å²) in [6.07, 6.45) is 0. The highest BCUT2D eigenvalue weighted by atomic mass is 32.2. The molecule has 23 heavy (non-hydrogen) atoms. The molecule has 0 aromatic heterocycles. The van der Waals surface area contributed by atoms with Gasteiger partial charge in [0, 0.05) is 12.3 Å². The van der Waals surface area contributed by atoms with Crippen molar-refractivity contribution >= 4 is 17.7 Å². The highest BCUT2D eigenvalue weighted by Crippen LogP contribution is 2.32. The van der Waals surface area contributed by atoms with Gasteiger partial charge in [0.05, 0.1) is 5.75 Å². The van der Waals surface area contributed by atoms with Crippen molar-refractivity contribution in [3.63, 3.8) is 0 Å². The molecule has 0 aliphatic carbocycles. The monoisotopic (exact) mass is 329 g/mol. The molecule has 0 saturated carbocycles. The van der Waals surface area contributed by atoms with Crippen molar-refractivity contribution < 1.29 is 14.3 Å². The Morgan fingerprint density at radius 1 is 1.17 bits per heavy atom. The number of benzene rings is 2. The predicted octanol–water partition coefficient (Wildman–Crippen LogP) is 3.27. The minimum atomic E-state index is 0.0428. The van der Waals surface area contributed by atoms with Crippen LogP contribution in [0.1, 0.15) is 16.7 Å². The van der Waals surface area contributed by atoms with Gasteiger partial charge in [-0.2, -0.15) is 0 Å². The molecule has 0 atom stereocenters. The summed E-state index contributed by atoms with van der Waals surface area (Å²) in [7, 11) is 0. The lowest BCUT2D eigenvalue weighted by atomic mass is 10.1. The molecule has 0 bridgehead atoms. The normalized spacial score (nSPS) is 12.2. The Morgan fingerprint density at radius 3 is 2.87 bits per heavy atom. The standard InChI is InChI=1S/C18H19NO3S/c1-13-4-2-3-5-15(13)10-23-11-18(20)19-9-14-6-7-16-17(8-14)22-12-21-16/h2-8H,9-12H2,1H3,(H,19,20). The first-order chi connectivity index (χ1) is 11.2. The molecule has 0 unspecified atom stereocenters. The molecule has 4 nitrogen and oxygen atoms in total. The van der Waals surface area contributed by atoms with E-state index in [2.05, 4.69) is 24.4 Å². The smallest absolute Gasteiger partial charge is 0.231 e. The van der Waals surface area contributed by atoms with E-state index in [1.165, 1.54) is 11.1 Å². The Kier molecular flexibility index (Phi) is 5.08. The largest absolute Gasteiger partial charge is 0.454 e. The summed E-state index contributed by atoms with van der Waals surface area (Å²) >= 11 is 1.63. The van der Waals surface area contributed by atoms with E-state index < -0.39 is 0 Å². The molecule has 1 heterocycles. The number of ether oxygens (including phenoxy) is 2. The SMILES string of the molecule is Cc1ccccc1CSCC(=O)NCc1ccc2c(c1)OCO2. The molecule has 5 heteroatoms. The van der Waals surface area contributed by atoms with Gasteiger partial charge in [0.1, 0.15) is 0 Å². The third-order valence-corrected chi connectivity index (χ3v) is 4.66. The van der Waals surface area contributed by atoms with E-state index in [4.69, 9.17) is 9.47 Å². The van der Waals surface area contributed by atoms with Gasteiger partial charge in [0.25, 0.3) is 0 Å². The average molecular weight is 329 g/mol. The van der Waals surface area contributed by atoms with Gasteiger partial charge in [-0.25, -0.2) is 0 Å². The first kappa shape index (κ1) is 15.7. The van der Waals surface area contributed by atoms with E-state index in [1.807, 2.05) is 30.3 Å². The number of thioether (sulfide) groups is 1. The van der Waals surface area contributed by atoms with Gasteiger partial charge in [0.2, 0.25) is 12.7 Å². The van der Waals surface area contributed by atoms with Gasteiger partial charge < -0.3 is 14.8 Å². The maximum atomic E-state index is 11.9. The van der Waals surface area contributed by atoms with Crippen molar-refractivity contribution in [2.75, 3.05) is 12.5 Å². The molecule has 120 valence electrons. The summed E-state index contributed by atoms with van der Waals surface area (Å²) in [5, 5.41) is 2.93. The third-order valence-electron chi connectivity index (χ3n) is 3.68. The van der Waals surface area contributed by atoms with E-state index in [1.54, 1.807) is 11.8 Å². The first-order valence-electron chi connectivity index (χ1n) is 7.50. The lowest BCUT2D eigenvalue weighted by molar-refractivity contribution is -0.118. The van der Waals surface area contributed by atoms with Gasteiger partial charge >= 0.3 is 0 Å². The van der Waals surface area contributed by atoms with Crippen LogP contribution < -0.4 is 14.8 Å². The third kappa shape index (κ3) is 4.20. The van der Waals surface area contributed by atoms with E-state index in [9.17, 15) is 4.79 Å². The number of fused-ring (bicyclic) bond motifs is 1. The minimum Gasteiger partial charge on any atom is -0.454 e. The predicted molar refractivity (Wildman–Crippen MR) is 91.8 cm³/mol. The van der Waals surface area contributed by atoms with Gasteiger partial charge in [0.15, 0.2) is 11.5 Å². The molecule has 0 radical (unpaired) electrons. The molecule has 1 aliphatic rings. The van der Waals surface area contributed by atoms with Crippen molar-refractivity contribution in [3.05, 3.63) is 59.2 Å². The van der Waals surface area contributed by atoms with Crippen LogP contribution in [-0.2, 0) is 17.1 Å². The van der Waals surface area contributed by atoms with Crippen LogP contribution in [0.2, 0.25) is 0 Å². The van der Waals surface area contributed by atoms with Crippen LogP contribution >= 0.6 is 11.8 Å². The van der Waals surface area contributed by atoms with Crippen LogP contribution in [-0.4, -0.2) is 18.5 Å². The Morgan fingerprint density at radius 2 is 2.00 bits per heavy atom. The molecule has 0 saturated heterocycles. The average Bonchev–Trinajstić information content (AvgIpc) is 3.02. The number of nitrogens with one attached hydrogen (secondary N) is 1. The number of amides is 1. The van der Waals surface area contributed by atoms with Crippen LogP contribution in [0.5, 0.6) is 11.5 Å². The lowest BCUT2D eigenvalue weighted by Crippen LogP contribution is -2.24. The van der Waals surface area contributed by atoms with Gasteiger partial charge in [-0.05, 0) is 35.7 Å². The Labute approximate surface area is 140 Å².